The molecule has 0 bridgehead atoms. The molecule has 0 aliphatic heterocycles. The van der Waals surface area contributed by atoms with Crippen LogP contribution in [0.25, 0.3) is 10.9 Å². The molecule has 1 aromatic heterocycles. The first kappa shape index (κ1) is 17.6. The van der Waals surface area contributed by atoms with Crippen molar-refractivity contribution in [1.29, 1.82) is 0 Å². The topological polar surface area (TPSA) is 61.1 Å². The van der Waals surface area contributed by atoms with Crippen molar-refractivity contribution in [3.05, 3.63) is 44.6 Å². The molecule has 3 rings (SSSR count). The summed E-state index contributed by atoms with van der Waals surface area (Å²) in [5, 5.41) is 0.518. The Morgan fingerprint density at radius 3 is 2.56 bits per heavy atom. The van der Waals surface area contributed by atoms with Crippen molar-refractivity contribution in [2.45, 2.75) is 58.4 Å². The maximum atomic E-state index is 12.9. The fourth-order valence-corrected chi connectivity index (χ4v) is 3.95. The predicted molar refractivity (Wildman–Crippen MR) is 99.0 cm³/mol. The van der Waals surface area contributed by atoms with E-state index in [0.29, 0.717) is 29.8 Å². The molecule has 0 atom stereocenters. The van der Waals surface area contributed by atoms with E-state index < -0.39 is 0 Å². The smallest absolute Gasteiger partial charge is 0.300 e. The number of nitrogens with zero attached hydrogens (tertiary/aromatic N) is 2. The third-order valence-corrected chi connectivity index (χ3v) is 5.35. The minimum atomic E-state index is -0.257. The summed E-state index contributed by atoms with van der Waals surface area (Å²) in [5.41, 5.74) is 0.942. The van der Waals surface area contributed by atoms with E-state index in [1.807, 2.05) is 6.07 Å². The lowest BCUT2D eigenvalue weighted by molar-refractivity contribution is -0.116. The summed E-state index contributed by atoms with van der Waals surface area (Å²) in [6.07, 6.45) is 7.39. The Balaban J connectivity index is 1.98. The van der Waals surface area contributed by atoms with Crippen molar-refractivity contribution in [3.8, 4) is 0 Å². The maximum absolute atomic E-state index is 12.9. The summed E-state index contributed by atoms with van der Waals surface area (Å²) in [5.74, 6) is 0.673. The molecule has 1 fully saturated rings. The Morgan fingerprint density at radius 2 is 1.88 bits per heavy atom. The van der Waals surface area contributed by atoms with Gasteiger partial charge in [0, 0.05) is 20.0 Å². The molecule has 0 radical (unpaired) electrons. The molecule has 1 aromatic carbocycles. The second-order valence-corrected chi connectivity index (χ2v) is 7.32. The van der Waals surface area contributed by atoms with E-state index >= 15 is 0 Å². The number of hydrogen-bond acceptors (Lipinski definition) is 3. The highest BCUT2D eigenvalue weighted by Gasteiger charge is 2.16. The van der Waals surface area contributed by atoms with Gasteiger partial charge >= 0.3 is 5.69 Å². The van der Waals surface area contributed by atoms with Crippen LogP contribution in [0.4, 0.5) is 0 Å². The van der Waals surface area contributed by atoms with E-state index in [1.165, 1.54) is 48.2 Å². The number of rotatable bonds is 5. The summed E-state index contributed by atoms with van der Waals surface area (Å²) >= 11 is 0. The van der Waals surface area contributed by atoms with Crippen LogP contribution in [0.3, 0.4) is 0 Å². The number of fused-ring (bicyclic) bond motifs is 1. The summed E-state index contributed by atoms with van der Waals surface area (Å²) in [7, 11) is 1.70. The highest BCUT2D eigenvalue weighted by atomic mass is 16.2. The van der Waals surface area contributed by atoms with Crippen molar-refractivity contribution in [3.63, 3.8) is 0 Å². The quantitative estimate of drug-likeness (QED) is 0.839. The lowest BCUT2D eigenvalue weighted by Gasteiger charge is -2.21. The van der Waals surface area contributed by atoms with Gasteiger partial charge in [-0.25, -0.2) is 4.79 Å². The van der Waals surface area contributed by atoms with Crippen molar-refractivity contribution in [2.24, 2.45) is 13.0 Å². The monoisotopic (exact) mass is 342 g/mol. The fourth-order valence-electron chi connectivity index (χ4n) is 3.95. The molecule has 134 valence electrons. The van der Waals surface area contributed by atoms with Crippen molar-refractivity contribution in [2.75, 3.05) is 0 Å². The number of carbonyl (C=O) groups excluding carboxylic acids is 1. The van der Waals surface area contributed by atoms with Gasteiger partial charge in [-0.15, -0.1) is 0 Å². The SMILES string of the molecule is CC(=O)Cc1ccc2c(c1)c(=O)n(CCC1CCCCC1)c(=O)n2C. The highest BCUT2D eigenvalue weighted by Crippen LogP contribution is 2.26. The van der Waals surface area contributed by atoms with Crippen LogP contribution in [0.15, 0.2) is 27.8 Å². The molecular formula is C20H26N2O3. The number of aryl methyl sites for hydroxylation is 1. The number of carbonyl (C=O) groups is 1. The number of hydrogen-bond donors (Lipinski definition) is 0. The Bertz CT molecular complexity index is 902. The molecule has 25 heavy (non-hydrogen) atoms. The molecule has 0 saturated heterocycles. The van der Waals surface area contributed by atoms with Gasteiger partial charge in [0.2, 0.25) is 0 Å². The lowest BCUT2D eigenvalue weighted by atomic mass is 9.87. The standard InChI is InChI=1S/C20H26N2O3/c1-14(23)12-16-8-9-18-17(13-16)19(24)22(20(25)21(18)2)11-10-15-6-4-3-5-7-15/h8-9,13,15H,3-7,10-12H2,1-2H3. The minimum absolute atomic E-state index is 0.0572. The minimum Gasteiger partial charge on any atom is -0.300 e. The van der Waals surface area contributed by atoms with E-state index in [0.717, 1.165) is 12.0 Å². The second-order valence-electron chi connectivity index (χ2n) is 7.32. The van der Waals surface area contributed by atoms with Gasteiger partial charge in [-0.05, 0) is 37.0 Å². The van der Waals surface area contributed by atoms with Crippen molar-refractivity contribution >= 4 is 16.7 Å². The van der Waals surface area contributed by atoms with E-state index in [9.17, 15) is 14.4 Å². The van der Waals surface area contributed by atoms with E-state index in [-0.39, 0.29) is 17.0 Å². The zero-order valence-electron chi connectivity index (χ0n) is 15.1. The van der Waals surface area contributed by atoms with Gasteiger partial charge in [-0.2, -0.15) is 0 Å². The average molecular weight is 342 g/mol. The fraction of sp³-hybridized carbons (Fsp3) is 0.550. The van der Waals surface area contributed by atoms with Gasteiger partial charge in [0.15, 0.2) is 0 Å². The van der Waals surface area contributed by atoms with Crippen molar-refractivity contribution in [1.82, 2.24) is 9.13 Å². The van der Waals surface area contributed by atoms with Gasteiger partial charge in [0.05, 0.1) is 10.9 Å². The van der Waals surface area contributed by atoms with Crippen LogP contribution >= 0.6 is 0 Å². The van der Waals surface area contributed by atoms with Crippen LogP contribution in [-0.2, 0) is 24.8 Å². The van der Waals surface area contributed by atoms with Gasteiger partial charge < -0.3 is 0 Å². The highest BCUT2D eigenvalue weighted by molar-refractivity contribution is 5.82. The Hall–Kier alpha value is -2.17. The molecule has 0 spiro atoms. The molecule has 1 aliphatic carbocycles. The average Bonchev–Trinajstić information content (AvgIpc) is 2.60. The van der Waals surface area contributed by atoms with Crippen LogP contribution in [-0.4, -0.2) is 14.9 Å². The molecule has 1 aliphatic rings. The van der Waals surface area contributed by atoms with Crippen LogP contribution < -0.4 is 11.2 Å². The van der Waals surface area contributed by atoms with Gasteiger partial charge in [-0.3, -0.25) is 18.7 Å². The summed E-state index contributed by atoms with van der Waals surface area (Å²) in [6, 6.07) is 5.34. The summed E-state index contributed by atoms with van der Waals surface area (Å²) in [6.45, 7) is 2.01. The number of ketones is 1. The zero-order chi connectivity index (χ0) is 18.0. The van der Waals surface area contributed by atoms with Crippen molar-refractivity contribution < 1.29 is 4.79 Å². The Morgan fingerprint density at radius 1 is 1.16 bits per heavy atom. The Labute approximate surface area is 147 Å². The number of benzene rings is 1. The van der Waals surface area contributed by atoms with Gasteiger partial charge in [0.25, 0.3) is 5.56 Å². The maximum Gasteiger partial charge on any atom is 0.331 e. The third kappa shape index (κ3) is 3.75. The molecule has 0 unspecified atom stereocenters. The summed E-state index contributed by atoms with van der Waals surface area (Å²) < 4.78 is 2.91. The predicted octanol–water partition coefficient (Wildman–Crippen LogP) is 2.80. The molecule has 5 heteroatoms. The molecule has 5 nitrogen and oxygen atoms in total. The molecular weight excluding hydrogens is 316 g/mol. The molecule has 2 aromatic rings. The number of Topliss-reactive ketones (excluding diaryl/α,β-unsaturated/α-hetero) is 1. The molecule has 0 amide bonds. The normalized spacial score (nSPS) is 15.6. The van der Waals surface area contributed by atoms with E-state index in [1.54, 1.807) is 19.2 Å². The summed E-state index contributed by atoms with van der Waals surface area (Å²) in [4.78, 5) is 36.8. The largest absolute Gasteiger partial charge is 0.331 e. The number of aromatic nitrogens is 2. The van der Waals surface area contributed by atoms with Gasteiger partial charge in [-0.1, -0.05) is 38.2 Å². The molecule has 1 saturated carbocycles. The van der Waals surface area contributed by atoms with Crippen LogP contribution in [0.1, 0.15) is 51.0 Å². The molecule has 0 N–H and O–H groups in total. The lowest BCUT2D eigenvalue weighted by Crippen LogP contribution is -2.39. The first-order valence-corrected chi connectivity index (χ1v) is 9.19. The van der Waals surface area contributed by atoms with Gasteiger partial charge in [0.1, 0.15) is 5.78 Å². The second kappa shape index (κ2) is 7.38. The first-order chi connectivity index (χ1) is 12.0. The zero-order valence-corrected chi connectivity index (χ0v) is 15.1. The third-order valence-electron chi connectivity index (χ3n) is 5.35. The molecule has 1 heterocycles. The first-order valence-electron chi connectivity index (χ1n) is 9.19. The van der Waals surface area contributed by atoms with E-state index in [2.05, 4.69) is 0 Å². The van der Waals surface area contributed by atoms with Crippen LogP contribution in [0.5, 0.6) is 0 Å². The van der Waals surface area contributed by atoms with E-state index in [4.69, 9.17) is 0 Å². The Kier molecular flexibility index (Phi) is 5.21. The van der Waals surface area contributed by atoms with Crippen LogP contribution in [0.2, 0.25) is 0 Å². The van der Waals surface area contributed by atoms with Crippen LogP contribution in [0, 0.1) is 5.92 Å².